The quantitative estimate of drug-likeness (QED) is 0.258. The fourth-order valence-corrected chi connectivity index (χ4v) is 5.63. The van der Waals surface area contributed by atoms with Gasteiger partial charge in [0.15, 0.2) is 0 Å². The summed E-state index contributed by atoms with van der Waals surface area (Å²) in [5.41, 5.74) is 1.62. The van der Waals surface area contributed by atoms with Crippen molar-refractivity contribution in [3.63, 3.8) is 0 Å². The molecule has 1 aliphatic rings. The van der Waals surface area contributed by atoms with E-state index in [-0.39, 0.29) is 29.9 Å². The first-order valence-corrected chi connectivity index (χ1v) is 14.9. The lowest BCUT2D eigenvalue weighted by Gasteiger charge is -2.27. The molecule has 3 aromatic rings. The van der Waals surface area contributed by atoms with Crippen molar-refractivity contribution >= 4 is 40.4 Å². The number of likely N-dealkylation sites (tertiary alicyclic amines) is 1. The van der Waals surface area contributed by atoms with E-state index in [1.807, 2.05) is 23.6 Å². The van der Waals surface area contributed by atoms with Gasteiger partial charge in [0, 0.05) is 43.4 Å². The molecule has 3 atom stereocenters. The number of anilines is 1. The molecule has 1 fully saturated rings. The molecule has 2 amide bonds. The van der Waals surface area contributed by atoms with Crippen molar-refractivity contribution in [2.24, 2.45) is 5.92 Å². The summed E-state index contributed by atoms with van der Waals surface area (Å²) < 4.78 is 19.2. The molecule has 3 heterocycles. The van der Waals surface area contributed by atoms with E-state index in [2.05, 4.69) is 30.7 Å². The number of rotatable bonds is 12. The number of aromatic nitrogens is 3. The second kappa shape index (κ2) is 14.5. The molecule has 0 saturated carbocycles. The summed E-state index contributed by atoms with van der Waals surface area (Å²) in [6.45, 7) is 12.1. The molecule has 1 unspecified atom stereocenters. The number of imidazole rings is 1. The van der Waals surface area contributed by atoms with Gasteiger partial charge in [-0.25, -0.2) is 9.97 Å². The fraction of sp³-hybridized carbons (Fsp3) is 0.484. The number of pyridine rings is 1. The molecule has 0 aliphatic carbocycles. The zero-order chi connectivity index (χ0) is 30.2. The lowest BCUT2D eigenvalue weighted by atomic mass is 10.0. The number of nitrogens with one attached hydrogen (secondary N) is 1. The average Bonchev–Trinajstić information content (AvgIpc) is 3.19. The van der Waals surface area contributed by atoms with Gasteiger partial charge in [-0.15, -0.1) is 0 Å². The third kappa shape index (κ3) is 7.04. The summed E-state index contributed by atoms with van der Waals surface area (Å²) in [5.74, 6) is 0.837. The minimum atomic E-state index is -0.372. The number of fused-ring (bicyclic) bond motifs is 1. The van der Waals surface area contributed by atoms with Crippen molar-refractivity contribution in [1.82, 2.24) is 19.4 Å². The first-order chi connectivity index (χ1) is 20.3. The topological polar surface area (TPSA) is 108 Å². The van der Waals surface area contributed by atoms with E-state index in [0.717, 1.165) is 25.7 Å². The molecule has 0 bridgehead atoms. The van der Waals surface area contributed by atoms with Gasteiger partial charge in [-0.1, -0.05) is 32.0 Å². The number of ether oxygens (including phenoxy) is 3. The van der Waals surface area contributed by atoms with Crippen LogP contribution in [0.2, 0.25) is 5.02 Å². The zero-order valence-electron chi connectivity index (χ0n) is 24.8. The number of halogens is 1. The van der Waals surface area contributed by atoms with Crippen LogP contribution >= 0.6 is 11.6 Å². The highest BCUT2D eigenvalue weighted by Gasteiger charge is 2.29. The number of benzene rings is 1. The lowest BCUT2D eigenvalue weighted by molar-refractivity contribution is -0.126. The molecule has 226 valence electrons. The molecule has 1 aromatic carbocycles. The molecule has 0 radical (unpaired) electrons. The molecule has 2 aromatic heterocycles. The Morgan fingerprint density at radius 1 is 1.26 bits per heavy atom. The van der Waals surface area contributed by atoms with Crippen LogP contribution in [0.4, 0.5) is 5.95 Å². The van der Waals surface area contributed by atoms with Crippen LogP contribution in [0.3, 0.4) is 0 Å². The van der Waals surface area contributed by atoms with Crippen molar-refractivity contribution in [3.05, 3.63) is 53.7 Å². The van der Waals surface area contributed by atoms with Gasteiger partial charge in [0.05, 0.1) is 30.8 Å². The average molecular weight is 598 g/mol. The van der Waals surface area contributed by atoms with E-state index in [1.54, 1.807) is 17.0 Å². The van der Waals surface area contributed by atoms with Gasteiger partial charge in [-0.3, -0.25) is 14.9 Å². The van der Waals surface area contributed by atoms with Crippen LogP contribution in [0.5, 0.6) is 11.6 Å². The third-order valence-corrected chi connectivity index (χ3v) is 7.95. The summed E-state index contributed by atoms with van der Waals surface area (Å²) in [6.07, 6.45) is 6.03. The van der Waals surface area contributed by atoms with Crippen LogP contribution in [0, 0.1) is 5.92 Å². The Hall–Kier alpha value is -3.63. The SMILES string of the molecule is C=CC(=O)N1CCCC[C@@H](n2c(NC(=O)c3ccnc(OC)c3)nc3ccc(O[C@H](CC)C(C)COCC)c(Cl)c32)C1. The zero-order valence-corrected chi connectivity index (χ0v) is 25.5. The van der Waals surface area contributed by atoms with E-state index in [4.69, 9.17) is 30.8 Å². The van der Waals surface area contributed by atoms with Crippen molar-refractivity contribution in [2.45, 2.75) is 58.6 Å². The van der Waals surface area contributed by atoms with Crippen molar-refractivity contribution in [2.75, 3.05) is 38.7 Å². The molecule has 10 nitrogen and oxygen atoms in total. The van der Waals surface area contributed by atoms with Gasteiger partial charge in [0.1, 0.15) is 16.9 Å². The van der Waals surface area contributed by atoms with Crippen LogP contribution in [0.1, 0.15) is 62.9 Å². The van der Waals surface area contributed by atoms with Crippen LogP contribution in [-0.2, 0) is 9.53 Å². The predicted octanol–water partition coefficient (Wildman–Crippen LogP) is 5.92. The molecule has 1 saturated heterocycles. The minimum Gasteiger partial charge on any atom is -0.488 e. The molecule has 0 spiro atoms. The molecule has 1 aliphatic heterocycles. The smallest absolute Gasteiger partial charge is 0.258 e. The van der Waals surface area contributed by atoms with Gasteiger partial charge in [-0.2, -0.15) is 0 Å². The molecule has 42 heavy (non-hydrogen) atoms. The Balaban J connectivity index is 1.78. The van der Waals surface area contributed by atoms with Gasteiger partial charge in [-0.05, 0) is 56.9 Å². The summed E-state index contributed by atoms with van der Waals surface area (Å²) in [5, 5.41) is 3.38. The Labute approximate surface area is 252 Å². The number of hydrogen-bond acceptors (Lipinski definition) is 7. The normalized spacial score (nSPS) is 16.9. The van der Waals surface area contributed by atoms with E-state index >= 15 is 0 Å². The number of carbonyl (C=O) groups excluding carboxylic acids is 2. The largest absolute Gasteiger partial charge is 0.488 e. The van der Waals surface area contributed by atoms with E-state index < -0.39 is 0 Å². The Bertz CT molecular complexity index is 1410. The highest BCUT2D eigenvalue weighted by atomic mass is 35.5. The van der Waals surface area contributed by atoms with Crippen LogP contribution in [-0.4, -0.2) is 70.8 Å². The first kappa shape index (κ1) is 31.3. The Kier molecular flexibility index (Phi) is 10.8. The molecule has 1 N–H and O–H groups in total. The van der Waals surface area contributed by atoms with Crippen LogP contribution < -0.4 is 14.8 Å². The third-order valence-electron chi connectivity index (χ3n) is 7.58. The summed E-state index contributed by atoms with van der Waals surface area (Å²) in [7, 11) is 1.49. The van der Waals surface area contributed by atoms with Gasteiger partial charge in [0.25, 0.3) is 5.91 Å². The standard InChI is InChI=1S/C31H40ClN5O5/c1-6-24(20(4)19-41-8-3)42-25-13-12-23-29(28(25)32)37(22-11-9-10-16-36(18-22)27(38)7-2)31(34-23)35-30(39)21-14-15-33-26(17-21)40-5/h7,12-15,17,20,22,24H,2,6,8-11,16,18-19H2,1,3-5H3,(H,34,35,39)/t20?,22-,24-/m1/s1. The highest BCUT2D eigenvalue weighted by Crippen LogP contribution is 2.39. The predicted molar refractivity (Wildman–Crippen MR) is 164 cm³/mol. The summed E-state index contributed by atoms with van der Waals surface area (Å²) in [6, 6.07) is 6.63. The van der Waals surface area contributed by atoms with Crippen molar-refractivity contribution in [1.29, 1.82) is 0 Å². The maximum Gasteiger partial charge on any atom is 0.258 e. The van der Waals surface area contributed by atoms with E-state index in [1.165, 1.54) is 19.4 Å². The lowest BCUT2D eigenvalue weighted by Crippen LogP contribution is -2.34. The number of hydrogen-bond donors (Lipinski definition) is 1. The number of amides is 2. The molecular formula is C31H40ClN5O5. The maximum absolute atomic E-state index is 13.4. The molecular weight excluding hydrogens is 558 g/mol. The Morgan fingerprint density at radius 2 is 2.07 bits per heavy atom. The van der Waals surface area contributed by atoms with Crippen LogP contribution in [0.15, 0.2) is 43.1 Å². The second-order valence-electron chi connectivity index (χ2n) is 10.4. The maximum atomic E-state index is 13.4. The van der Waals surface area contributed by atoms with Crippen molar-refractivity contribution in [3.8, 4) is 11.6 Å². The highest BCUT2D eigenvalue weighted by molar-refractivity contribution is 6.36. The fourth-order valence-electron chi connectivity index (χ4n) is 5.34. The number of nitrogens with zero attached hydrogens (tertiary/aromatic N) is 4. The first-order valence-electron chi connectivity index (χ1n) is 14.5. The van der Waals surface area contributed by atoms with Gasteiger partial charge >= 0.3 is 0 Å². The van der Waals surface area contributed by atoms with Crippen LogP contribution in [0.25, 0.3) is 11.0 Å². The van der Waals surface area contributed by atoms with E-state index in [0.29, 0.717) is 65.5 Å². The van der Waals surface area contributed by atoms with Gasteiger partial charge < -0.3 is 23.7 Å². The van der Waals surface area contributed by atoms with Gasteiger partial charge in [0.2, 0.25) is 17.7 Å². The second-order valence-corrected chi connectivity index (χ2v) is 10.8. The monoisotopic (exact) mass is 597 g/mol. The Morgan fingerprint density at radius 3 is 2.79 bits per heavy atom. The number of methoxy groups -OCH3 is 1. The van der Waals surface area contributed by atoms with Crippen molar-refractivity contribution < 1.29 is 23.8 Å². The van der Waals surface area contributed by atoms with E-state index in [9.17, 15) is 9.59 Å². The molecule has 11 heteroatoms. The number of carbonyl (C=O) groups is 2. The summed E-state index contributed by atoms with van der Waals surface area (Å²) >= 11 is 7.10. The molecule has 4 rings (SSSR count). The minimum absolute atomic E-state index is 0.109. The summed E-state index contributed by atoms with van der Waals surface area (Å²) in [4.78, 5) is 36.7.